The smallest absolute Gasteiger partial charge is 0.411 e. The Kier molecular flexibility index (Phi) is 4.09. The Labute approximate surface area is 152 Å². The van der Waals surface area contributed by atoms with Gasteiger partial charge in [-0.3, -0.25) is 5.32 Å². The second kappa shape index (κ2) is 6.56. The highest BCUT2D eigenvalue weighted by molar-refractivity contribution is 5.87. The molecule has 0 heterocycles. The first-order valence-electron chi connectivity index (χ1n) is 8.55. The second-order valence-corrected chi connectivity index (χ2v) is 6.42. The molecule has 0 spiro atoms. The van der Waals surface area contributed by atoms with Gasteiger partial charge < -0.3 is 9.84 Å². The third kappa shape index (κ3) is 2.80. The number of rotatable bonds is 3. The van der Waals surface area contributed by atoms with Crippen LogP contribution in [0.1, 0.15) is 22.6 Å². The van der Waals surface area contributed by atoms with Gasteiger partial charge in [0.1, 0.15) is 12.4 Å². The van der Waals surface area contributed by atoms with Crippen LogP contribution < -0.4 is 5.32 Å². The van der Waals surface area contributed by atoms with Crippen LogP contribution in [0, 0.1) is 6.92 Å². The number of aryl methyl sites for hydroxylation is 1. The molecule has 0 saturated carbocycles. The summed E-state index contributed by atoms with van der Waals surface area (Å²) in [5.41, 5.74) is 5.75. The molecule has 4 rings (SSSR count). The molecule has 3 aromatic rings. The monoisotopic (exact) mass is 345 g/mol. The van der Waals surface area contributed by atoms with Crippen molar-refractivity contribution in [2.24, 2.45) is 0 Å². The Morgan fingerprint density at radius 1 is 0.962 bits per heavy atom. The summed E-state index contributed by atoms with van der Waals surface area (Å²) < 4.78 is 5.48. The predicted molar refractivity (Wildman–Crippen MR) is 102 cm³/mol. The van der Waals surface area contributed by atoms with Gasteiger partial charge in [-0.2, -0.15) is 0 Å². The highest BCUT2D eigenvalue weighted by atomic mass is 16.5. The van der Waals surface area contributed by atoms with E-state index in [1.54, 1.807) is 25.1 Å². The Morgan fingerprint density at radius 3 is 2.23 bits per heavy atom. The fourth-order valence-corrected chi connectivity index (χ4v) is 3.50. The molecule has 0 unspecified atom stereocenters. The number of nitrogens with one attached hydrogen (secondary N) is 1. The van der Waals surface area contributed by atoms with Crippen LogP contribution in [0.25, 0.3) is 11.1 Å². The van der Waals surface area contributed by atoms with Gasteiger partial charge in [-0.15, -0.1) is 0 Å². The van der Waals surface area contributed by atoms with Crippen LogP contribution in [0.15, 0.2) is 66.7 Å². The van der Waals surface area contributed by atoms with E-state index in [4.69, 9.17) is 4.74 Å². The summed E-state index contributed by atoms with van der Waals surface area (Å²) in [5.74, 6) is 0.0697. The zero-order valence-corrected chi connectivity index (χ0v) is 14.4. The predicted octanol–water partition coefficient (Wildman–Crippen LogP) is 5.06. The van der Waals surface area contributed by atoms with Gasteiger partial charge in [-0.05, 0) is 40.8 Å². The first-order valence-corrected chi connectivity index (χ1v) is 8.55. The Hall–Kier alpha value is -3.27. The molecular weight excluding hydrogens is 326 g/mol. The van der Waals surface area contributed by atoms with E-state index in [-0.39, 0.29) is 18.3 Å². The van der Waals surface area contributed by atoms with Gasteiger partial charge in [0.05, 0.1) is 5.69 Å². The van der Waals surface area contributed by atoms with Crippen molar-refractivity contribution in [2.75, 3.05) is 11.9 Å². The molecule has 0 saturated heterocycles. The number of para-hydroxylation sites is 1. The minimum absolute atomic E-state index is 0.0132. The van der Waals surface area contributed by atoms with Gasteiger partial charge in [0.25, 0.3) is 0 Å². The number of aromatic hydroxyl groups is 1. The van der Waals surface area contributed by atoms with Gasteiger partial charge >= 0.3 is 6.09 Å². The van der Waals surface area contributed by atoms with Gasteiger partial charge in [-0.25, -0.2) is 4.79 Å². The van der Waals surface area contributed by atoms with Gasteiger partial charge in [-0.1, -0.05) is 60.7 Å². The topological polar surface area (TPSA) is 58.6 Å². The molecule has 0 radical (unpaired) electrons. The van der Waals surface area contributed by atoms with Crippen molar-refractivity contribution in [2.45, 2.75) is 12.8 Å². The molecule has 0 fully saturated rings. The highest BCUT2D eigenvalue weighted by Gasteiger charge is 2.29. The molecule has 0 aliphatic heterocycles. The van der Waals surface area contributed by atoms with E-state index in [1.165, 1.54) is 22.3 Å². The van der Waals surface area contributed by atoms with Crippen LogP contribution in [0.3, 0.4) is 0 Å². The molecular formula is C22H19NO3. The normalized spacial score (nSPS) is 12.3. The van der Waals surface area contributed by atoms with Crippen molar-refractivity contribution in [3.8, 4) is 16.9 Å². The molecule has 1 aliphatic rings. The maximum absolute atomic E-state index is 12.2. The zero-order valence-electron chi connectivity index (χ0n) is 14.4. The molecule has 1 aliphatic carbocycles. The number of hydrogen-bond donors (Lipinski definition) is 2. The quantitative estimate of drug-likeness (QED) is 0.652. The number of anilines is 1. The van der Waals surface area contributed by atoms with E-state index in [2.05, 4.69) is 29.6 Å². The minimum Gasteiger partial charge on any atom is -0.505 e. The molecule has 0 atom stereocenters. The molecule has 0 aromatic heterocycles. The maximum Gasteiger partial charge on any atom is 0.411 e. The lowest BCUT2D eigenvalue weighted by Gasteiger charge is -2.15. The van der Waals surface area contributed by atoms with Crippen molar-refractivity contribution < 1.29 is 14.6 Å². The number of fused-ring (bicyclic) bond motifs is 3. The van der Waals surface area contributed by atoms with Crippen LogP contribution in [0.2, 0.25) is 0 Å². The fraction of sp³-hybridized carbons (Fsp3) is 0.136. The van der Waals surface area contributed by atoms with E-state index in [0.717, 1.165) is 0 Å². The second-order valence-electron chi connectivity index (χ2n) is 6.42. The average molecular weight is 345 g/mol. The van der Waals surface area contributed by atoms with Gasteiger partial charge in [0.15, 0.2) is 0 Å². The van der Waals surface area contributed by atoms with E-state index < -0.39 is 6.09 Å². The van der Waals surface area contributed by atoms with Crippen molar-refractivity contribution in [3.05, 3.63) is 83.4 Å². The molecule has 0 bridgehead atoms. The largest absolute Gasteiger partial charge is 0.505 e. The van der Waals surface area contributed by atoms with Crippen molar-refractivity contribution in [1.29, 1.82) is 0 Å². The Balaban J connectivity index is 1.51. The van der Waals surface area contributed by atoms with Crippen LogP contribution in [0.4, 0.5) is 10.5 Å². The number of phenolic OH excluding ortho intramolecular Hbond substituents is 1. The summed E-state index contributed by atoms with van der Waals surface area (Å²) >= 11 is 0. The molecule has 2 N–H and O–H groups in total. The summed E-state index contributed by atoms with van der Waals surface area (Å²) in [6.45, 7) is 2.02. The highest BCUT2D eigenvalue weighted by Crippen LogP contribution is 2.44. The van der Waals surface area contributed by atoms with Gasteiger partial charge in [0.2, 0.25) is 0 Å². The molecule has 3 aromatic carbocycles. The average Bonchev–Trinajstić information content (AvgIpc) is 2.98. The number of amides is 1. The lowest BCUT2D eigenvalue weighted by Crippen LogP contribution is -2.18. The standard InChI is InChI=1S/C22H19NO3/c1-14-7-6-12-20(21(14)24)23-22(25)26-13-19-17-10-4-2-8-15(17)16-9-3-5-11-18(16)19/h2-12,19,24H,13H2,1H3,(H,23,25). The van der Waals surface area contributed by atoms with E-state index >= 15 is 0 Å². The van der Waals surface area contributed by atoms with E-state index in [0.29, 0.717) is 11.3 Å². The van der Waals surface area contributed by atoms with Crippen LogP contribution in [-0.4, -0.2) is 17.8 Å². The van der Waals surface area contributed by atoms with Crippen molar-refractivity contribution >= 4 is 11.8 Å². The first-order chi connectivity index (χ1) is 12.6. The zero-order chi connectivity index (χ0) is 18.1. The van der Waals surface area contributed by atoms with Crippen LogP contribution in [0.5, 0.6) is 5.75 Å². The number of carbonyl (C=O) groups excluding carboxylic acids is 1. The summed E-state index contributed by atoms with van der Waals surface area (Å²) in [6, 6.07) is 21.6. The maximum atomic E-state index is 12.2. The molecule has 4 heteroatoms. The number of ether oxygens (including phenoxy) is 1. The molecule has 4 nitrogen and oxygen atoms in total. The van der Waals surface area contributed by atoms with E-state index in [9.17, 15) is 9.90 Å². The molecule has 130 valence electrons. The number of hydrogen-bond acceptors (Lipinski definition) is 3. The minimum atomic E-state index is -0.576. The summed E-state index contributed by atoms with van der Waals surface area (Å²) in [4.78, 5) is 12.2. The molecule has 1 amide bonds. The number of phenols is 1. The fourth-order valence-electron chi connectivity index (χ4n) is 3.50. The Morgan fingerprint density at radius 2 is 1.58 bits per heavy atom. The lowest BCUT2D eigenvalue weighted by atomic mass is 9.98. The third-order valence-electron chi connectivity index (χ3n) is 4.82. The SMILES string of the molecule is Cc1cccc(NC(=O)OCC2c3ccccc3-c3ccccc32)c1O. The van der Waals surface area contributed by atoms with Crippen molar-refractivity contribution in [1.82, 2.24) is 0 Å². The summed E-state index contributed by atoms with van der Waals surface area (Å²) in [6.07, 6.45) is -0.576. The van der Waals surface area contributed by atoms with E-state index in [1.807, 2.05) is 24.3 Å². The third-order valence-corrected chi connectivity index (χ3v) is 4.82. The van der Waals surface area contributed by atoms with Crippen LogP contribution >= 0.6 is 0 Å². The number of benzene rings is 3. The van der Waals surface area contributed by atoms with Crippen LogP contribution in [-0.2, 0) is 4.74 Å². The lowest BCUT2D eigenvalue weighted by molar-refractivity contribution is 0.158. The van der Waals surface area contributed by atoms with Gasteiger partial charge in [0, 0.05) is 5.92 Å². The van der Waals surface area contributed by atoms with Crippen molar-refractivity contribution in [3.63, 3.8) is 0 Å². The summed E-state index contributed by atoms with van der Waals surface area (Å²) in [5, 5.41) is 12.6. The number of carbonyl (C=O) groups is 1. The first kappa shape index (κ1) is 16.2. The Bertz CT molecular complexity index is 935. The molecule has 26 heavy (non-hydrogen) atoms. The summed E-state index contributed by atoms with van der Waals surface area (Å²) in [7, 11) is 0.